The van der Waals surface area contributed by atoms with E-state index in [-0.39, 0.29) is 24.5 Å². The minimum Gasteiger partial charge on any atom is -0.478 e. The van der Waals surface area contributed by atoms with Gasteiger partial charge >= 0.3 is 5.97 Å². The molecule has 0 aromatic heterocycles. The molecule has 1 aliphatic rings. The molecule has 1 aliphatic heterocycles. The van der Waals surface area contributed by atoms with Gasteiger partial charge in [-0.3, -0.25) is 4.79 Å². The lowest BCUT2D eigenvalue weighted by Gasteiger charge is -2.30. The van der Waals surface area contributed by atoms with Crippen molar-refractivity contribution in [1.82, 2.24) is 0 Å². The van der Waals surface area contributed by atoms with Crippen LogP contribution in [0, 0.1) is 5.41 Å². The summed E-state index contributed by atoms with van der Waals surface area (Å²) in [4.78, 5) is 25.3. The lowest BCUT2D eigenvalue weighted by atomic mass is 9.94. The van der Waals surface area contributed by atoms with E-state index in [2.05, 4.69) is 20.8 Å². The van der Waals surface area contributed by atoms with E-state index in [0.717, 1.165) is 34.4 Å². The number of nitrogens with two attached hydrogens (primary N) is 1. The second-order valence-corrected chi connectivity index (χ2v) is 11.1. The minimum absolute atomic E-state index is 0.00172. The number of rotatable bonds is 5. The van der Waals surface area contributed by atoms with E-state index in [0.29, 0.717) is 22.2 Å². The molecule has 8 heteroatoms. The van der Waals surface area contributed by atoms with Crippen LogP contribution in [0.4, 0.5) is 5.69 Å². The predicted molar refractivity (Wildman–Crippen MR) is 153 cm³/mol. The summed E-state index contributed by atoms with van der Waals surface area (Å²) in [7, 11) is 0. The molecule has 202 valence electrons. The molecule has 1 amide bonds. The molecule has 6 nitrogen and oxygen atoms in total. The molecule has 0 fully saturated rings. The number of nitrogens with zero attached hydrogens (tertiary/aromatic N) is 1. The van der Waals surface area contributed by atoms with E-state index in [1.165, 1.54) is 0 Å². The first-order valence-corrected chi connectivity index (χ1v) is 13.2. The maximum absolute atomic E-state index is 12.7. The Morgan fingerprint density at radius 1 is 1.08 bits per heavy atom. The maximum Gasteiger partial charge on any atom is 0.336 e. The van der Waals surface area contributed by atoms with Crippen molar-refractivity contribution in [3.05, 3.63) is 98.5 Å². The molecular formula is C30H34Cl2N2O4. The molecule has 1 heterocycles. The van der Waals surface area contributed by atoms with Crippen LogP contribution >= 0.6 is 23.2 Å². The van der Waals surface area contributed by atoms with E-state index < -0.39 is 12.1 Å². The summed E-state index contributed by atoms with van der Waals surface area (Å²) in [6.07, 6.45) is 0.379. The Labute approximate surface area is 234 Å². The molecule has 0 saturated heterocycles. The van der Waals surface area contributed by atoms with Gasteiger partial charge in [-0.2, -0.15) is 0 Å². The Morgan fingerprint density at radius 2 is 1.79 bits per heavy atom. The van der Waals surface area contributed by atoms with Gasteiger partial charge in [0.2, 0.25) is 0 Å². The van der Waals surface area contributed by atoms with Gasteiger partial charge in [0.25, 0.3) is 5.91 Å². The van der Waals surface area contributed by atoms with Crippen LogP contribution in [0.25, 0.3) is 0 Å². The number of carboxylic acid groups (broad SMARTS) is 1. The fourth-order valence-electron chi connectivity index (χ4n) is 4.44. The third kappa shape index (κ3) is 7.14. The summed E-state index contributed by atoms with van der Waals surface area (Å²) < 4.78 is 5.97. The molecule has 3 N–H and O–H groups in total. The van der Waals surface area contributed by atoms with E-state index in [4.69, 9.17) is 38.8 Å². The number of aromatic carboxylic acids is 1. The number of anilines is 1. The molecular weight excluding hydrogens is 523 g/mol. The van der Waals surface area contributed by atoms with Gasteiger partial charge in [-0.25, -0.2) is 4.79 Å². The highest BCUT2D eigenvalue weighted by Gasteiger charge is 2.32. The van der Waals surface area contributed by atoms with E-state index in [1.807, 2.05) is 49.4 Å². The highest BCUT2D eigenvalue weighted by atomic mass is 35.5. The molecule has 38 heavy (non-hydrogen) atoms. The molecule has 3 aromatic carbocycles. The van der Waals surface area contributed by atoms with Crippen molar-refractivity contribution < 1.29 is 19.4 Å². The molecule has 0 saturated carbocycles. The van der Waals surface area contributed by atoms with Gasteiger partial charge in [0, 0.05) is 39.9 Å². The van der Waals surface area contributed by atoms with Crippen LogP contribution < -0.4 is 10.6 Å². The standard InChI is InChI=1S/C20H21Cl2NO2.C10H13NO2/c1-20(2,3)12-23-17-9-8-13(21)10-15(17)19(25-11-18(23)24)14-6-4-5-7-16(14)22;1-2-7-4-3-5-8(10(12)13)9(7)6-11/h4-10,19H,11-12H2,1-3H3;3-5H,2,6,11H2,1H3,(H,12,13). The highest BCUT2D eigenvalue weighted by molar-refractivity contribution is 6.31. The molecule has 0 bridgehead atoms. The Bertz CT molecular complexity index is 1300. The van der Waals surface area contributed by atoms with Crippen LogP contribution in [0.1, 0.15) is 66.4 Å². The van der Waals surface area contributed by atoms with Crippen LogP contribution in [0.2, 0.25) is 10.0 Å². The molecule has 1 atom stereocenters. The second kappa shape index (κ2) is 12.8. The summed E-state index contributed by atoms with van der Waals surface area (Å²) >= 11 is 12.6. The lowest BCUT2D eigenvalue weighted by molar-refractivity contribution is -0.124. The fraction of sp³-hybridized carbons (Fsp3) is 0.333. The van der Waals surface area contributed by atoms with Crippen molar-refractivity contribution >= 4 is 40.8 Å². The summed E-state index contributed by atoms with van der Waals surface area (Å²) in [6.45, 7) is 9.18. The van der Waals surface area contributed by atoms with Gasteiger partial charge in [0.1, 0.15) is 12.7 Å². The number of amides is 1. The zero-order valence-electron chi connectivity index (χ0n) is 22.1. The highest BCUT2D eigenvalue weighted by Crippen LogP contribution is 2.40. The number of aryl methyl sites for hydroxylation is 1. The van der Waals surface area contributed by atoms with Crippen molar-refractivity contribution in [2.45, 2.75) is 46.8 Å². The van der Waals surface area contributed by atoms with Crippen molar-refractivity contribution in [2.24, 2.45) is 11.1 Å². The zero-order chi connectivity index (χ0) is 28.0. The van der Waals surface area contributed by atoms with Crippen LogP contribution in [0.3, 0.4) is 0 Å². The average molecular weight is 558 g/mol. The molecule has 0 radical (unpaired) electrons. The number of ether oxygens (including phenoxy) is 1. The Balaban J connectivity index is 0.000000260. The largest absolute Gasteiger partial charge is 0.478 e. The first kappa shape index (κ1) is 29.7. The fourth-order valence-corrected chi connectivity index (χ4v) is 4.85. The number of carboxylic acids is 1. The minimum atomic E-state index is -0.907. The van der Waals surface area contributed by atoms with Gasteiger partial charge in [0.15, 0.2) is 0 Å². The predicted octanol–water partition coefficient (Wildman–Crippen LogP) is 6.90. The number of fused-ring (bicyclic) bond motifs is 1. The maximum atomic E-state index is 12.7. The number of hydrogen-bond donors (Lipinski definition) is 2. The topological polar surface area (TPSA) is 92.9 Å². The third-order valence-electron chi connectivity index (χ3n) is 6.15. The van der Waals surface area contributed by atoms with E-state index in [9.17, 15) is 9.59 Å². The SMILES string of the molecule is CC(C)(C)CN1C(=O)COC(c2ccccc2Cl)c2cc(Cl)ccc21.CCc1cccc(C(=O)O)c1CN. The summed E-state index contributed by atoms with van der Waals surface area (Å²) in [5, 5.41) is 10.1. The molecule has 3 aromatic rings. The average Bonchev–Trinajstić information content (AvgIpc) is 2.99. The molecule has 4 rings (SSSR count). The van der Waals surface area contributed by atoms with Crippen LogP contribution in [-0.4, -0.2) is 30.1 Å². The first-order valence-electron chi connectivity index (χ1n) is 12.5. The van der Waals surface area contributed by atoms with E-state index in [1.54, 1.807) is 23.1 Å². The zero-order valence-corrected chi connectivity index (χ0v) is 23.6. The van der Waals surface area contributed by atoms with E-state index >= 15 is 0 Å². The van der Waals surface area contributed by atoms with Gasteiger partial charge in [-0.15, -0.1) is 0 Å². The van der Waals surface area contributed by atoms with Crippen molar-refractivity contribution in [3.8, 4) is 0 Å². The lowest BCUT2D eigenvalue weighted by Crippen LogP contribution is -2.39. The van der Waals surface area contributed by atoms with Crippen LogP contribution in [0.5, 0.6) is 0 Å². The van der Waals surface area contributed by atoms with Crippen molar-refractivity contribution in [2.75, 3.05) is 18.1 Å². The monoisotopic (exact) mass is 556 g/mol. The van der Waals surface area contributed by atoms with Gasteiger partial charge in [-0.1, -0.05) is 81.2 Å². The number of carbonyl (C=O) groups is 2. The summed E-state index contributed by atoms with van der Waals surface area (Å²) in [6, 6.07) is 18.3. The van der Waals surface area contributed by atoms with Crippen molar-refractivity contribution in [1.29, 1.82) is 0 Å². The third-order valence-corrected chi connectivity index (χ3v) is 6.73. The molecule has 0 aliphatic carbocycles. The Morgan fingerprint density at radius 3 is 2.39 bits per heavy atom. The summed E-state index contributed by atoms with van der Waals surface area (Å²) in [5.74, 6) is -0.969. The quantitative estimate of drug-likeness (QED) is 0.356. The first-order chi connectivity index (χ1) is 18.0. The number of benzene rings is 3. The number of hydrogen-bond acceptors (Lipinski definition) is 4. The number of carbonyl (C=O) groups excluding carboxylic acids is 1. The van der Waals surface area contributed by atoms with Gasteiger partial charge in [0.05, 0.1) is 5.56 Å². The normalized spacial score (nSPS) is 15.3. The van der Waals surface area contributed by atoms with Crippen LogP contribution in [0.15, 0.2) is 60.7 Å². The summed E-state index contributed by atoms with van der Waals surface area (Å²) in [5.41, 5.74) is 10.1. The van der Waals surface area contributed by atoms with Gasteiger partial charge in [-0.05, 0) is 53.3 Å². The Kier molecular flexibility index (Phi) is 9.96. The second-order valence-electron chi connectivity index (χ2n) is 10.3. The number of halogens is 2. The molecule has 1 unspecified atom stereocenters. The van der Waals surface area contributed by atoms with Gasteiger partial charge < -0.3 is 20.5 Å². The smallest absolute Gasteiger partial charge is 0.336 e. The van der Waals surface area contributed by atoms with Crippen LogP contribution in [-0.2, 0) is 22.5 Å². The van der Waals surface area contributed by atoms with Crippen molar-refractivity contribution in [3.63, 3.8) is 0 Å². The Hall–Kier alpha value is -2.90. The molecule has 0 spiro atoms.